The maximum Gasteiger partial charge on any atom is 0.384 e. The normalized spacial score (nSPS) is 11.6. The minimum absolute atomic E-state index is 0.731. The van der Waals surface area contributed by atoms with E-state index in [4.69, 9.17) is 8.85 Å². The van der Waals surface area contributed by atoms with E-state index in [0.717, 1.165) is 25.7 Å². The second-order valence-corrected chi connectivity index (χ2v) is 7.40. The van der Waals surface area contributed by atoms with Crippen molar-refractivity contribution in [2.45, 2.75) is 26.3 Å². The Hall–Kier alpha value is -1.68. The van der Waals surface area contributed by atoms with Gasteiger partial charge < -0.3 is 8.85 Å². The molecule has 0 aliphatic rings. The lowest BCUT2D eigenvalue weighted by Crippen LogP contribution is -2.23. The molecule has 0 bridgehead atoms. The van der Waals surface area contributed by atoms with Gasteiger partial charge in [-0.25, -0.2) is 0 Å². The van der Waals surface area contributed by atoms with Crippen LogP contribution in [0.1, 0.15) is 19.4 Å². The van der Waals surface area contributed by atoms with Crippen molar-refractivity contribution >= 4 is 30.8 Å². The van der Waals surface area contributed by atoms with E-state index < -0.39 is 9.28 Å². The molecule has 119 valence electrons. The SMILES string of the molecule is CCO[Si](CCc1cccc2cc3ccccc3cc12)OCC. The van der Waals surface area contributed by atoms with Crippen LogP contribution in [0.5, 0.6) is 0 Å². The summed E-state index contributed by atoms with van der Waals surface area (Å²) in [7, 11) is -1.15. The van der Waals surface area contributed by atoms with Gasteiger partial charge in [0.2, 0.25) is 0 Å². The molecule has 1 radical (unpaired) electrons. The van der Waals surface area contributed by atoms with E-state index in [-0.39, 0.29) is 0 Å². The third kappa shape index (κ3) is 3.81. The number of hydrogen-bond donors (Lipinski definition) is 0. The summed E-state index contributed by atoms with van der Waals surface area (Å²) in [6.07, 6.45) is 1.00. The summed E-state index contributed by atoms with van der Waals surface area (Å²) in [6.45, 7) is 5.53. The molecule has 0 aliphatic carbocycles. The van der Waals surface area contributed by atoms with Gasteiger partial charge in [-0.3, -0.25) is 0 Å². The fraction of sp³-hybridized carbons (Fsp3) is 0.300. The highest BCUT2D eigenvalue weighted by molar-refractivity contribution is 6.44. The summed E-state index contributed by atoms with van der Waals surface area (Å²) in [5, 5.41) is 5.25. The predicted molar refractivity (Wildman–Crippen MR) is 99.0 cm³/mol. The molecular formula is C20H23O2Si. The van der Waals surface area contributed by atoms with E-state index in [1.54, 1.807) is 0 Å². The second-order valence-electron chi connectivity index (χ2n) is 5.58. The summed E-state index contributed by atoms with van der Waals surface area (Å²) < 4.78 is 11.5. The molecule has 0 unspecified atom stereocenters. The number of hydrogen-bond acceptors (Lipinski definition) is 2. The minimum Gasteiger partial charge on any atom is -0.394 e. The predicted octanol–water partition coefficient (Wildman–Crippen LogP) is 5.10. The average Bonchev–Trinajstić information content (AvgIpc) is 2.58. The minimum atomic E-state index is -1.15. The number of aryl methyl sites for hydroxylation is 1. The highest BCUT2D eigenvalue weighted by Gasteiger charge is 2.15. The van der Waals surface area contributed by atoms with Crippen LogP contribution >= 0.6 is 0 Å². The Morgan fingerprint density at radius 2 is 1.43 bits per heavy atom. The zero-order chi connectivity index (χ0) is 16.1. The van der Waals surface area contributed by atoms with Crippen molar-refractivity contribution in [3.05, 3.63) is 60.2 Å². The molecule has 0 saturated carbocycles. The highest BCUT2D eigenvalue weighted by Crippen LogP contribution is 2.26. The van der Waals surface area contributed by atoms with Gasteiger partial charge >= 0.3 is 9.28 Å². The van der Waals surface area contributed by atoms with Crippen LogP contribution in [0.15, 0.2) is 54.6 Å². The zero-order valence-electron chi connectivity index (χ0n) is 13.8. The molecule has 3 rings (SSSR count). The smallest absolute Gasteiger partial charge is 0.384 e. The molecular weight excluding hydrogens is 300 g/mol. The molecule has 0 aliphatic heterocycles. The van der Waals surface area contributed by atoms with E-state index >= 15 is 0 Å². The van der Waals surface area contributed by atoms with Gasteiger partial charge in [-0.15, -0.1) is 0 Å². The fourth-order valence-corrected chi connectivity index (χ4v) is 4.48. The topological polar surface area (TPSA) is 18.5 Å². The van der Waals surface area contributed by atoms with Crippen LogP contribution in [0, 0.1) is 0 Å². The standard InChI is InChI=1S/C20H23O2Si/c1-3-21-23(22-4-2)13-12-16-10-7-11-19-14-17-8-5-6-9-18(17)15-20(16)19/h5-11,14-15H,3-4,12-13H2,1-2H3. The summed E-state index contributed by atoms with van der Waals surface area (Å²) >= 11 is 0. The van der Waals surface area contributed by atoms with E-state index in [1.807, 2.05) is 13.8 Å². The van der Waals surface area contributed by atoms with Crippen molar-refractivity contribution in [1.82, 2.24) is 0 Å². The molecule has 0 heterocycles. The summed E-state index contributed by atoms with van der Waals surface area (Å²) in [4.78, 5) is 0. The third-order valence-electron chi connectivity index (χ3n) is 4.05. The molecule has 2 nitrogen and oxygen atoms in total. The van der Waals surface area contributed by atoms with Crippen LogP contribution in [0.3, 0.4) is 0 Å². The van der Waals surface area contributed by atoms with Crippen molar-refractivity contribution in [2.75, 3.05) is 13.2 Å². The molecule has 0 fully saturated rings. The lowest BCUT2D eigenvalue weighted by molar-refractivity contribution is 0.213. The van der Waals surface area contributed by atoms with Crippen molar-refractivity contribution in [1.29, 1.82) is 0 Å². The monoisotopic (exact) mass is 323 g/mol. The van der Waals surface area contributed by atoms with E-state index in [1.165, 1.54) is 27.1 Å². The maximum atomic E-state index is 5.77. The Bertz CT molecular complexity index is 779. The third-order valence-corrected chi connectivity index (χ3v) is 5.93. The number of benzene rings is 3. The van der Waals surface area contributed by atoms with Crippen LogP contribution in [0.25, 0.3) is 21.5 Å². The summed E-state index contributed by atoms with van der Waals surface area (Å²) in [6, 6.07) is 20.7. The van der Waals surface area contributed by atoms with Gasteiger partial charge in [0.25, 0.3) is 0 Å². The van der Waals surface area contributed by atoms with Crippen molar-refractivity contribution < 1.29 is 8.85 Å². The molecule has 0 amide bonds. The van der Waals surface area contributed by atoms with E-state index in [9.17, 15) is 0 Å². The van der Waals surface area contributed by atoms with E-state index in [0.29, 0.717) is 0 Å². The van der Waals surface area contributed by atoms with Crippen molar-refractivity contribution in [3.8, 4) is 0 Å². The molecule has 0 atom stereocenters. The molecule has 3 aromatic carbocycles. The van der Waals surface area contributed by atoms with Gasteiger partial charge in [0, 0.05) is 13.2 Å². The first-order chi connectivity index (χ1) is 11.3. The van der Waals surface area contributed by atoms with Crippen LogP contribution in [0.2, 0.25) is 6.04 Å². The van der Waals surface area contributed by atoms with Gasteiger partial charge in [-0.05, 0) is 65.6 Å². The molecule has 0 N–H and O–H groups in total. The van der Waals surface area contributed by atoms with Crippen molar-refractivity contribution in [3.63, 3.8) is 0 Å². The Balaban J connectivity index is 1.89. The van der Waals surface area contributed by atoms with Crippen LogP contribution in [0.4, 0.5) is 0 Å². The molecule has 0 spiro atoms. The van der Waals surface area contributed by atoms with Gasteiger partial charge in [0.1, 0.15) is 0 Å². The number of fused-ring (bicyclic) bond motifs is 2. The van der Waals surface area contributed by atoms with Crippen molar-refractivity contribution in [2.24, 2.45) is 0 Å². The second kappa shape index (κ2) is 7.73. The molecule has 23 heavy (non-hydrogen) atoms. The quantitative estimate of drug-likeness (QED) is 0.445. The van der Waals surface area contributed by atoms with E-state index in [2.05, 4.69) is 54.6 Å². The van der Waals surface area contributed by atoms with Gasteiger partial charge in [-0.1, -0.05) is 42.5 Å². The van der Waals surface area contributed by atoms with Crippen LogP contribution in [-0.4, -0.2) is 22.5 Å². The van der Waals surface area contributed by atoms with Gasteiger partial charge in [-0.2, -0.15) is 0 Å². The lowest BCUT2D eigenvalue weighted by Gasteiger charge is -2.14. The Labute approximate surface area is 139 Å². The first kappa shape index (κ1) is 16.2. The summed E-state index contributed by atoms with van der Waals surface area (Å²) in [5.74, 6) is 0. The van der Waals surface area contributed by atoms with Gasteiger partial charge in [0.15, 0.2) is 0 Å². The highest BCUT2D eigenvalue weighted by atomic mass is 28.3. The fourth-order valence-electron chi connectivity index (χ4n) is 2.99. The first-order valence-corrected chi connectivity index (χ1v) is 9.86. The number of rotatable bonds is 7. The van der Waals surface area contributed by atoms with Crippen LogP contribution in [-0.2, 0) is 15.3 Å². The Kier molecular flexibility index (Phi) is 5.44. The summed E-state index contributed by atoms with van der Waals surface area (Å²) in [5.41, 5.74) is 1.38. The molecule has 0 saturated heterocycles. The average molecular weight is 323 g/mol. The van der Waals surface area contributed by atoms with Gasteiger partial charge in [0.05, 0.1) is 0 Å². The Morgan fingerprint density at radius 3 is 2.13 bits per heavy atom. The maximum absolute atomic E-state index is 5.77. The van der Waals surface area contributed by atoms with Crippen LogP contribution < -0.4 is 0 Å². The lowest BCUT2D eigenvalue weighted by atomic mass is 9.99. The molecule has 0 aromatic heterocycles. The molecule has 3 aromatic rings. The first-order valence-electron chi connectivity index (χ1n) is 8.33. The largest absolute Gasteiger partial charge is 0.394 e. The molecule has 3 heteroatoms. The Morgan fingerprint density at radius 1 is 0.783 bits per heavy atom. The zero-order valence-corrected chi connectivity index (χ0v) is 14.8.